The summed E-state index contributed by atoms with van der Waals surface area (Å²) in [4.78, 5) is 2.52. The lowest BCUT2D eigenvalue weighted by atomic mass is 9.67. The highest BCUT2D eigenvalue weighted by Crippen LogP contribution is 2.59. The van der Waals surface area contributed by atoms with Crippen LogP contribution in [0.1, 0.15) is 45.9 Å². The molecule has 310 valence electrons. The van der Waals surface area contributed by atoms with Crippen molar-refractivity contribution in [2.24, 2.45) is 0 Å². The molecule has 0 saturated carbocycles. The molecule has 2 aliphatic rings. The Morgan fingerprint density at radius 1 is 0.409 bits per heavy atom. The molecule has 2 aromatic heterocycles. The second-order valence-corrected chi connectivity index (χ2v) is 19.0. The van der Waals surface area contributed by atoms with Gasteiger partial charge in [0.15, 0.2) is 0 Å². The van der Waals surface area contributed by atoms with Gasteiger partial charge in [-0.1, -0.05) is 194 Å². The predicted octanol–water partition coefficient (Wildman–Crippen LogP) is 17.1. The lowest BCUT2D eigenvalue weighted by Gasteiger charge is -2.35. The van der Waals surface area contributed by atoms with Crippen LogP contribution >= 0.6 is 11.3 Å². The van der Waals surface area contributed by atoms with Crippen molar-refractivity contribution in [1.82, 2.24) is 0 Å². The van der Waals surface area contributed by atoms with Gasteiger partial charge in [0, 0.05) is 37.5 Å². The first-order valence-corrected chi connectivity index (χ1v) is 23.7. The summed E-state index contributed by atoms with van der Waals surface area (Å²) < 4.78 is 9.75. The van der Waals surface area contributed by atoms with Gasteiger partial charge in [-0.15, -0.1) is 11.3 Å². The minimum atomic E-state index is -0.549. The summed E-state index contributed by atoms with van der Waals surface area (Å²) in [6, 6.07) is 85.2. The molecule has 66 heavy (non-hydrogen) atoms. The van der Waals surface area contributed by atoms with Crippen LogP contribution in [0.5, 0.6) is 0 Å². The average Bonchev–Trinajstić information content (AvgIpc) is 4.12. The van der Waals surface area contributed by atoms with Gasteiger partial charge >= 0.3 is 0 Å². The molecule has 0 bridgehead atoms. The van der Waals surface area contributed by atoms with Gasteiger partial charge in [-0.3, -0.25) is 0 Å². The number of furan rings is 1. The summed E-state index contributed by atoms with van der Waals surface area (Å²) in [6.07, 6.45) is 0. The second-order valence-electron chi connectivity index (χ2n) is 18.0. The number of nitrogens with zero attached hydrogens (tertiary/aromatic N) is 1. The van der Waals surface area contributed by atoms with E-state index in [2.05, 4.69) is 242 Å². The molecule has 0 N–H and O–H groups in total. The zero-order valence-corrected chi connectivity index (χ0v) is 37.0. The molecule has 2 heterocycles. The Morgan fingerprint density at radius 3 is 1.67 bits per heavy atom. The third kappa shape index (κ3) is 4.95. The first-order chi connectivity index (χ1) is 32.6. The van der Waals surface area contributed by atoms with Crippen molar-refractivity contribution >= 4 is 70.5 Å². The van der Waals surface area contributed by atoms with Crippen molar-refractivity contribution < 1.29 is 4.42 Å². The first kappa shape index (κ1) is 37.4. The zero-order valence-electron chi connectivity index (χ0n) is 36.2. The van der Waals surface area contributed by atoms with Crippen LogP contribution in [0, 0.1) is 0 Å². The highest BCUT2D eigenvalue weighted by Gasteiger charge is 2.47. The number of fused-ring (bicyclic) bond motifs is 12. The Labute approximate surface area is 387 Å². The van der Waals surface area contributed by atoms with Crippen LogP contribution in [0.4, 0.5) is 17.1 Å². The fourth-order valence-electron chi connectivity index (χ4n) is 12.0. The van der Waals surface area contributed by atoms with Gasteiger partial charge in [0.05, 0.1) is 26.9 Å². The second kappa shape index (κ2) is 14.0. The minimum Gasteiger partial charge on any atom is -0.456 e. The summed E-state index contributed by atoms with van der Waals surface area (Å²) in [5.41, 5.74) is 18.0. The van der Waals surface area contributed by atoms with Crippen LogP contribution in [0.3, 0.4) is 0 Å². The molecule has 0 unspecified atom stereocenters. The molecule has 2 aliphatic carbocycles. The molecule has 3 heteroatoms. The van der Waals surface area contributed by atoms with Crippen molar-refractivity contribution in [2.45, 2.75) is 17.8 Å². The number of rotatable bonds is 6. The van der Waals surface area contributed by atoms with Crippen molar-refractivity contribution in [2.75, 3.05) is 4.90 Å². The van der Waals surface area contributed by atoms with Crippen LogP contribution in [0.25, 0.3) is 64.4 Å². The van der Waals surface area contributed by atoms with Gasteiger partial charge in [0.2, 0.25) is 0 Å². The monoisotopic (exact) mass is 859 g/mol. The van der Waals surface area contributed by atoms with Crippen molar-refractivity contribution in [3.63, 3.8) is 0 Å². The molecule has 10 aromatic carbocycles. The van der Waals surface area contributed by atoms with E-state index in [1.165, 1.54) is 81.4 Å². The van der Waals surface area contributed by atoms with Crippen molar-refractivity contribution in [1.29, 1.82) is 0 Å². The summed E-state index contributed by atoms with van der Waals surface area (Å²) >= 11 is 1.87. The largest absolute Gasteiger partial charge is 0.456 e. The van der Waals surface area contributed by atoms with Crippen molar-refractivity contribution in [3.05, 3.63) is 269 Å². The Kier molecular flexibility index (Phi) is 7.94. The number of anilines is 3. The maximum atomic E-state index is 7.23. The molecule has 14 rings (SSSR count). The Hall–Kier alpha value is -7.98. The third-order valence-electron chi connectivity index (χ3n) is 14.8. The Morgan fingerprint density at radius 2 is 0.939 bits per heavy atom. The molecule has 0 radical (unpaired) electrons. The topological polar surface area (TPSA) is 16.4 Å². The molecule has 12 aromatic rings. The van der Waals surface area contributed by atoms with E-state index in [1.807, 2.05) is 11.3 Å². The van der Waals surface area contributed by atoms with Crippen LogP contribution in [-0.4, -0.2) is 0 Å². The maximum Gasteiger partial charge on any atom is 0.139 e. The fraction of sp³-hybridized carbons (Fsp3) is 0.0476. The van der Waals surface area contributed by atoms with E-state index in [0.717, 1.165) is 39.0 Å². The lowest BCUT2D eigenvalue weighted by Crippen LogP contribution is -2.28. The molecular weight excluding hydrogens is 819 g/mol. The molecule has 0 atom stereocenters. The smallest absolute Gasteiger partial charge is 0.139 e. The maximum absolute atomic E-state index is 7.23. The average molecular weight is 860 g/mol. The number of hydrogen-bond acceptors (Lipinski definition) is 3. The molecule has 0 amide bonds. The third-order valence-corrected chi connectivity index (χ3v) is 16.0. The SMILES string of the molecule is CC1(c2cccc3c2oc2cccc(N(c4ccc5c(c4)C(c4ccccc4)(c4ccccc4)c4ccccc4-5)c4cccc5c4sc4ccccc45)c23)c2ccccc2-c2ccccc21. The molecule has 2 nitrogen and oxygen atoms in total. The van der Waals surface area contributed by atoms with Crippen molar-refractivity contribution in [3.8, 4) is 22.3 Å². The number of para-hydroxylation sites is 1. The van der Waals surface area contributed by atoms with Gasteiger partial charge in [-0.05, 0) is 99.0 Å². The molecule has 0 spiro atoms. The quantitative estimate of drug-likeness (QED) is 0.166. The number of benzene rings is 10. The highest BCUT2D eigenvalue weighted by molar-refractivity contribution is 7.26. The molecule has 0 saturated heterocycles. The highest BCUT2D eigenvalue weighted by atomic mass is 32.1. The summed E-state index contributed by atoms with van der Waals surface area (Å²) in [5.74, 6) is 0. The standard InChI is InChI=1S/C63H41NOS/c1-62(50-29-12-8-23-43(50)44-24-9-13-30-51(44)62)53-32-16-28-49-59-55(33-18-35-57(59)65-60(49)53)64(56-34-17-27-48-47-26-11-15-36-58(47)66-61(48)56)42-37-38-46-45-25-10-14-31-52(45)63(54(46)39-42,40-19-4-2-5-20-40)41-21-6-3-7-22-41/h2-39H,1H3. The van der Waals surface area contributed by atoms with E-state index in [9.17, 15) is 0 Å². The van der Waals surface area contributed by atoms with E-state index in [0.29, 0.717) is 0 Å². The van der Waals surface area contributed by atoms with Crippen LogP contribution in [-0.2, 0) is 10.8 Å². The van der Waals surface area contributed by atoms with Crippen LogP contribution in [0.2, 0.25) is 0 Å². The zero-order chi connectivity index (χ0) is 43.6. The summed E-state index contributed by atoms with van der Waals surface area (Å²) in [6.45, 7) is 2.38. The molecule has 0 aliphatic heterocycles. The first-order valence-electron chi connectivity index (χ1n) is 22.8. The Balaban J connectivity index is 1.07. The minimum absolute atomic E-state index is 0.420. The number of thiophene rings is 1. The predicted molar refractivity (Wildman–Crippen MR) is 276 cm³/mol. The van der Waals surface area contributed by atoms with E-state index >= 15 is 0 Å². The fourth-order valence-corrected chi connectivity index (χ4v) is 13.2. The number of hydrogen-bond donors (Lipinski definition) is 0. The van der Waals surface area contributed by atoms with Crippen LogP contribution < -0.4 is 4.90 Å². The van der Waals surface area contributed by atoms with Gasteiger partial charge in [0.1, 0.15) is 11.2 Å². The van der Waals surface area contributed by atoms with Gasteiger partial charge < -0.3 is 9.32 Å². The van der Waals surface area contributed by atoms with Crippen LogP contribution in [0.15, 0.2) is 235 Å². The molecule has 0 fully saturated rings. The normalized spacial score (nSPS) is 14.1. The Bertz CT molecular complexity index is 3830. The van der Waals surface area contributed by atoms with Gasteiger partial charge in [0.25, 0.3) is 0 Å². The van der Waals surface area contributed by atoms with E-state index < -0.39 is 10.8 Å². The van der Waals surface area contributed by atoms with E-state index in [-0.39, 0.29) is 0 Å². The molecular formula is C63H41NOS. The summed E-state index contributed by atoms with van der Waals surface area (Å²) in [5, 5.41) is 4.73. The van der Waals surface area contributed by atoms with Gasteiger partial charge in [-0.2, -0.15) is 0 Å². The van der Waals surface area contributed by atoms with Gasteiger partial charge in [-0.25, -0.2) is 0 Å². The lowest BCUT2D eigenvalue weighted by molar-refractivity contribution is 0.638. The summed E-state index contributed by atoms with van der Waals surface area (Å²) in [7, 11) is 0. The van der Waals surface area contributed by atoms with E-state index in [4.69, 9.17) is 4.42 Å². The van der Waals surface area contributed by atoms with E-state index in [1.54, 1.807) is 0 Å².